The molecule has 3 aromatic rings. The zero-order valence-corrected chi connectivity index (χ0v) is 10.7. The average molecular weight is 263 g/mol. The smallest absolute Gasteiger partial charge is 0.141 e. The Morgan fingerprint density at radius 2 is 1.50 bits per heavy atom. The van der Waals surface area contributed by atoms with Gasteiger partial charge in [0.05, 0.1) is 6.21 Å². The first-order valence-corrected chi connectivity index (χ1v) is 6.21. The van der Waals surface area contributed by atoms with Crippen LogP contribution in [0.4, 0.5) is 11.4 Å². The molecule has 5 heteroatoms. The van der Waals surface area contributed by atoms with E-state index in [9.17, 15) is 0 Å². The highest BCUT2D eigenvalue weighted by Gasteiger charge is 1.94. The Labute approximate surface area is 116 Å². The van der Waals surface area contributed by atoms with Crippen molar-refractivity contribution in [3.63, 3.8) is 0 Å². The van der Waals surface area contributed by atoms with Gasteiger partial charge in [0.2, 0.25) is 0 Å². The summed E-state index contributed by atoms with van der Waals surface area (Å²) in [5, 5.41) is 14.9. The van der Waals surface area contributed by atoms with Crippen molar-refractivity contribution >= 4 is 17.6 Å². The highest BCUT2D eigenvalue weighted by atomic mass is 15.4. The molecule has 0 fully saturated rings. The van der Waals surface area contributed by atoms with Gasteiger partial charge < -0.3 is 5.32 Å². The lowest BCUT2D eigenvalue weighted by Crippen LogP contribution is -1.91. The van der Waals surface area contributed by atoms with Crippen molar-refractivity contribution in [2.45, 2.75) is 0 Å². The molecule has 1 N–H and O–H groups in total. The molecule has 0 spiro atoms. The number of para-hydroxylation sites is 1. The normalized spacial score (nSPS) is 10.8. The number of anilines is 2. The van der Waals surface area contributed by atoms with E-state index in [2.05, 4.69) is 20.6 Å². The van der Waals surface area contributed by atoms with Gasteiger partial charge in [-0.25, -0.2) is 4.68 Å². The molecule has 0 aliphatic carbocycles. The average Bonchev–Trinajstić information content (AvgIpc) is 3.01. The van der Waals surface area contributed by atoms with Gasteiger partial charge in [0.25, 0.3) is 0 Å². The van der Waals surface area contributed by atoms with E-state index >= 15 is 0 Å². The molecule has 1 heterocycles. The molecule has 5 nitrogen and oxygen atoms in total. The molecule has 2 aromatic carbocycles. The third kappa shape index (κ3) is 3.08. The fourth-order valence-corrected chi connectivity index (χ4v) is 1.73. The lowest BCUT2D eigenvalue weighted by Gasteiger charge is -2.05. The van der Waals surface area contributed by atoms with Crippen LogP contribution in [0.1, 0.15) is 5.56 Å². The molecule has 0 atom stereocenters. The predicted octanol–water partition coefficient (Wildman–Crippen LogP) is 2.90. The van der Waals surface area contributed by atoms with Crippen LogP contribution in [0.5, 0.6) is 0 Å². The molecule has 0 saturated heterocycles. The van der Waals surface area contributed by atoms with E-state index in [4.69, 9.17) is 0 Å². The van der Waals surface area contributed by atoms with E-state index in [0.717, 1.165) is 16.9 Å². The maximum Gasteiger partial charge on any atom is 0.141 e. The molecule has 0 radical (unpaired) electrons. The van der Waals surface area contributed by atoms with Crippen LogP contribution in [-0.2, 0) is 0 Å². The molecule has 1 aromatic heterocycles. The summed E-state index contributed by atoms with van der Waals surface area (Å²) in [6.45, 7) is 0. The predicted molar refractivity (Wildman–Crippen MR) is 79.2 cm³/mol. The molecule has 0 aliphatic rings. The molecule has 0 amide bonds. The Balaban J connectivity index is 1.68. The van der Waals surface area contributed by atoms with Crippen molar-refractivity contribution in [3.8, 4) is 0 Å². The van der Waals surface area contributed by atoms with Gasteiger partial charge in [-0.1, -0.05) is 30.3 Å². The highest BCUT2D eigenvalue weighted by Crippen LogP contribution is 2.15. The van der Waals surface area contributed by atoms with Gasteiger partial charge in [0, 0.05) is 11.4 Å². The van der Waals surface area contributed by atoms with Crippen molar-refractivity contribution in [2.75, 3.05) is 5.32 Å². The van der Waals surface area contributed by atoms with E-state index < -0.39 is 0 Å². The SMILES string of the molecule is C(=N\n1cnnc1)/c1ccc(Nc2ccccc2)cc1. The first-order chi connectivity index (χ1) is 9.90. The molecule has 20 heavy (non-hydrogen) atoms. The van der Waals surface area contributed by atoms with Crippen LogP contribution >= 0.6 is 0 Å². The third-order valence-electron chi connectivity index (χ3n) is 2.72. The maximum atomic E-state index is 4.20. The summed E-state index contributed by atoms with van der Waals surface area (Å²) in [5.41, 5.74) is 3.12. The van der Waals surface area contributed by atoms with Crippen LogP contribution in [0.15, 0.2) is 72.4 Å². The van der Waals surface area contributed by atoms with Crippen LogP contribution in [0.25, 0.3) is 0 Å². The zero-order chi connectivity index (χ0) is 13.6. The van der Waals surface area contributed by atoms with Gasteiger partial charge in [-0.15, -0.1) is 10.2 Å². The summed E-state index contributed by atoms with van der Waals surface area (Å²) in [5.74, 6) is 0. The fourth-order valence-electron chi connectivity index (χ4n) is 1.73. The molecule has 3 rings (SSSR count). The van der Waals surface area contributed by atoms with Crippen molar-refractivity contribution in [1.29, 1.82) is 0 Å². The van der Waals surface area contributed by atoms with E-state index in [0.29, 0.717) is 0 Å². The van der Waals surface area contributed by atoms with E-state index in [1.54, 1.807) is 23.5 Å². The molecule has 0 bridgehead atoms. The van der Waals surface area contributed by atoms with Crippen molar-refractivity contribution in [2.24, 2.45) is 5.10 Å². The first-order valence-electron chi connectivity index (χ1n) is 6.21. The minimum atomic E-state index is 1.01. The molecule has 0 saturated carbocycles. The Hall–Kier alpha value is -2.95. The quantitative estimate of drug-likeness (QED) is 0.736. The second-order valence-corrected chi connectivity index (χ2v) is 4.20. The van der Waals surface area contributed by atoms with Crippen LogP contribution in [-0.4, -0.2) is 21.1 Å². The number of nitrogens with zero attached hydrogens (tertiary/aromatic N) is 4. The molecule has 98 valence electrons. The van der Waals surface area contributed by atoms with Gasteiger partial charge in [-0.3, -0.25) is 0 Å². The van der Waals surface area contributed by atoms with Gasteiger partial charge in [-0.05, 0) is 29.8 Å². The number of hydrogen-bond acceptors (Lipinski definition) is 4. The molecule has 0 unspecified atom stereocenters. The highest BCUT2D eigenvalue weighted by molar-refractivity contribution is 5.80. The van der Waals surface area contributed by atoms with Gasteiger partial charge in [0.15, 0.2) is 0 Å². The summed E-state index contributed by atoms with van der Waals surface area (Å²) >= 11 is 0. The zero-order valence-electron chi connectivity index (χ0n) is 10.7. The van der Waals surface area contributed by atoms with Crippen molar-refractivity contribution < 1.29 is 0 Å². The second-order valence-electron chi connectivity index (χ2n) is 4.20. The minimum Gasteiger partial charge on any atom is -0.356 e. The van der Waals surface area contributed by atoms with E-state index in [1.165, 1.54) is 0 Å². The van der Waals surface area contributed by atoms with Crippen molar-refractivity contribution in [1.82, 2.24) is 14.9 Å². The van der Waals surface area contributed by atoms with Crippen LogP contribution in [0.2, 0.25) is 0 Å². The summed E-state index contributed by atoms with van der Waals surface area (Å²) in [7, 11) is 0. The minimum absolute atomic E-state index is 1.01. The van der Waals surface area contributed by atoms with Crippen LogP contribution < -0.4 is 5.32 Å². The Morgan fingerprint density at radius 3 is 2.20 bits per heavy atom. The van der Waals surface area contributed by atoms with E-state index in [-0.39, 0.29) is 0 Å². The monoisotopic (exact) mass is 263 g/mol. The number of aromatic nitrogens is 3. The topological polar surface area (TPSA) is 55.1 Å². The Bertz CT molecular complexity index is 672. The van der Waals surface area contributed by atoms with Crippen LogP contribution in [0, 0.1) is 0 Å². The Morgan fingerprint density at radius 1 is 0.850 bits per heavy atom. The summed E-state index contributed by atoms with van der Waals surface area (Å²) in [6, 6.07) is 18.1. The number of hydrogen-bond donors (Lipinski definition) is 1. The number of rotatable bonds is 4. The summed E-state index contributed by atoms with van der Waals surface area (Å²) in [6.07, 6.45) is 4.85. The van der Waals surface area contributed by atoms with Gasteiger partial charge >= 0.3 is 0 Å². The van der Waals surface area contributed by atoms with Crippen molar-refractivity contribution in [3.05, 3.63) is 72.8 Å². The van der Waals surface area contributed by atoms with Crippen LogP contribution in [0.3, 0.4) is 0 Å². The lowest BCUT2D eigenvalue weighted by molar-refractivity contribution is 0.878. The van der Waals surface area contributed by atoms with Gasteiger partial charge in [-0.2, -0.15) is 5.10 Å². The lowest BCUT2D eigenvalue weighted by atomic mass is 10.2. The molecular formula is C15H13N5. The fraction of sp³-hybridized carbons (Fsp3) is 0. The third-order valence-corrected chi connectivity index (χ3v) is 2.72. The van der Waals surface area contributed by atoms with E-state index in [1.807, 2.05) is 54.6 Å². The first kappa shape index (κ1) is 12.1. The maximum absolute atomic E-state index is 4.20. The second kappa shape index (κ2) is 5.79. The summed E-state index contributed by atoms with van der Waals surface area (Å²) in [4.78, 5) is 0. The number of benzene rings is 2. The van der Waals surface area contributed by atoms with Gasteiger partial charge in [0.1, 0.15) is 12.7 Å². The summed E-state index contributed by atoms with van der Waals surface area (Å²) < 4.78 is 1.55. The standard InChI is InChI=1S/C15H13N5/c1-2-4-14(5-3-1)19-15-8-6-13(7-9-15)10-18-20-11-16-17-12-20/h1-12,19H/b18-10+. The molecular weight excluding hydrogens is 250 g/mol. The molecule has 0 aliphatic heterocycles. The number of nitrogens with one attached hydrogen (secondary N) is 1. The Kier molecular flexibility index (Phi) is 3.51. The largest absolute Gasteiger partial charge is 0.356 e.